The lowest BCUT2D eigenvalue weighted by Gasteiger charge is -2.17. The predicted molar refractivity (Wildman–Crippen MR) is 114 cm³/mol. The third-order valence-electron chi connectivity index (χ3n) is 4.36. The lowest BCUT2D eigenvalue weighted by atomic mass is 9.95. The van der Waals surface area contributed by atoms with Gasteiger partial charge in [0.1, 0.15) is 11.6 Å². The molecule has 1 heterocycles. The van der Waals surface area contributed by atoms with E-state index in [2.05, 4.69) is 25.8 Å². The Bertz CT molecular complexity index is 1040. The number of carbonyl (C=O) groups is 2. The highest BCUT2D eigenvalue weighted by molar-refractivity contribution is 5.98. The van der Waals surface area contributed by atoms with Crippen LogP contribution in [0.3, 0.4) is 0 Å². The molecule has 2 aromatic carbocycles. The standard InChI is InChI=1S/C22H25N5O3/c1-22(2,3)21(29)24-16-7-5-6-15(12-16)20(28)23-13-18-25-19(27-26-18)14-8-10-17(30-4)11-9-14/h5-12H,13H2,1-4H3,(H,23,28)(H,24,29)(H,25,26,27). The molecule has 0 bridgehead atoms. The summed E-state index contributed by atoms with van der Waals surface area (Å²) >= 11 is 0. The van der Waals surface area contributed by atoms with Crippen molar-refractivity contribution in [1.82, 2.24) is 20.5 Å². The van der Waals surface area contributed by atoms with Crippen molar-refractivity contribution in [2.45, 2.75) is 27.3 Å². The summed E-state index contributed by atoms with van der Waals surface area (Å²) in [5.41, 5.74) is 1.33. The Morgan fingerprint density at radius 1 is 1.10 bits per heavy atom. The number of anilines is 1. The van der Waals surface area contributed by atoms with Gasteiger partial charge in [0, 0.05) is 22.2 Å². The van der Waals surface area contributed by atoms with Gasteiger partial charge in [0.15, 0.2) is 5.82 Å². The number of nitrogens with zero attached hydrogens (tertiary/aromatic N) is 2. The maximum absolute atomic E-state index is 12.5. The number of rotatable bonds is 6. The van der Waals surface area contributed by atoms with Crippen molar-refractivity contribution in [3.8, 4) is 17.1 Å². The first-order chi connectivity index (χ1) is 14.3. The number of methoxy groups -OCH3 is 1. The van der Waals surface area contributed by atoms with E-state index in [0.29, 0.717) is 22.9 Å². The van der Waals surface area contributed by atoms with Gasteiger partial charge in [-0.2, -0.15) is 5.10 Å². The molecule has 3 N–H and O–H groups in total. The molecule has 8 nitrogen and oxygen atoms in total. The summed E-state index contributed by atoms with van der Waals surface area (Å²) in [4.78, 5) is 29.0. The predicted octanol–water partition coefficient (Wildman–Crippen LogP) is 3.39. The van der Waals surface area contributed by atoms with Gasteiger partial charge in [-0.15, -0.1) is 0 Å². The minimum absolute atomic E-state index is 0.118. The van der Waals surface area contributed by atoms with Gasteiger partial charge in [0.2, 0.25) is 5.91 Å². The molecule has 8 heteroatoms. The van der Waals surface area contributed by atoms with Gasteiger partial charge in [0.25, 0.3) is 5.91 Å². The van der Waals surface area contributed by atoms with Crippen molar-refractivity contribution in [3.05, 3.63) is 59.9 Å². The number of nitrogens with one attached hydrogen (secondary N) is 3. The maximum Gasteiger partial charge on any atom is 0.251 e. The summed E-state index contributed by atoms with van der Waals surface area (Å²) in [5.74, 6) is 1.43. The molecule has 0 aliphatic heterocycles. The number of hydrogen-bond acceptors (Lipinski definition) is 5. The van der Waals surface area contributed by atoms with Crippen molar-refractivity contribution in [2.75, 3.05) is 12.4 Å². The van der Waals surface area contributed by atoms with E-state index >= 15 is 0 Å². The van der Waals surface area contributed by atoms with Crippen LogP contribution < -0.4 is 15.4 Å². The number of ether oxygens (including phenoxy) is 1. The quantitative estimate of drug-likeness (QED) is 0.580. The van der Waals surface area contributed by atoms with E-state index in [0.717, 1.165) is 11.3 Å². The smallest absolute Gasteiger partial charge is 0.251 e. The Hall–Kier alpha value is -3.68. The Morgan fingerprint density at radius 2 is 1.83 bits per heavy atom. The number of hydrogen-bond donors (Lipinski definition) is 3. The summed E-state index contributed by atoms with van der Waals surface area (Å²) in [7, 11) is 1.61. The van der Waals surface area contributed by atoms with Gasteiger partial charge in [0.05, 0.1) is 13.7 Å². The maximum atomic E-state index is 12.5. The van der Waals surface area contributed by atoms with E-state index in [9.17, 15) is 9.59 Å². The average molecular weight is 407 g/mol. The molecule has 2 amide bonds. The third-order valence-corrected chi connectivity index (χ3v) is 4.36. The molecule has 0 fully saturated rings. The normalized spacial score (nSPS) is 11.1. The van der Waals surface area contributed by atoms with Crippen molar-refractivity contribution in [1.29, 1.82) is 0 Å². The van der Waals surface area contributed by atoms with E-state index in [1.165, 1.54) is 0 Å². The van der Waals surface area contributed by atoms with Crippen LogP contribution in [0.4, 0.5) is 5.69 Å². The Morgan fingerprint density at radius 3 is 2.50 bits per heavy atom. The molecular weight excluding hydrogens is 382 g/mol. The molecule has 30 heavy (non-hydrogen) atoms. The van der Waals surface area contributed by atoms with Crippen molar-refractivity contribution in [2.24, 2.45) is 5.41 Å². The van der Waals surface area contributed by atoms with Crippen LogP contribution in [0.1, 0.15) is 37.0 Å². The van der Waals surface area contributed by atoms with E-state index in [1.807, 2.05) is 45.0 Å². The molecule has 0 aliphatic carbocycles. The zero-order chi connectivity index (χ0) is 21.7. The first-order valence-corrected chi connectivity index (χ1v) is 9.51. The van der Waals surface area contributed by atoms with Crippen LogP contribution >= 0.6 is 0 Å². The first kappa shape index (κ1) is 21.0. The van der Waals surface area contributed by atoms with Crippen LogP contribution in [-0.2, 0) is 11.3 Å². The van der Waals surface area contributed by atoms with Gasteiger partial charge < -0.3 is 15.4 Å². The van der Waals surface area contributed by atoms with Crippen LogP contribution in [0.5, 0.6) is 5.75 Å². The lowest BCUT2D eigenvalue weighted by Crippen LogP contribution is -2.28. The third kappa shape index (κ3) is 5.22. The number of aromatic nitrogens is 3. The van der Waals surface area contributed by atoms with Crippen LogP contribution in [0.15, 0.2) is 48.5 Å². The molecule has 0 aliphatic rings. The minimum Gasteiger partial charge on any atom is -0.497 e. The molecule has 0 spiro atoms. The highest BCUT2D eigenvalue weighted by Gasteiger charge is 2.21. The first-order valence-electron chi connectivity index (χ1n) is 9.51. The Kier molecular flexibility index (Phi) is 6.15. The number of aromatic amines is 1. The second-order valence-electron chi connectivity index (χ2n) is 7.80. The largest absolute Gasteiger partial charge is 0.497 e. The number of benzene rings is 2. The number of carbonyl (C=O) groups excluding carboxylic acids is 2. The van der Waals surface area contributed by atoms with E-state index < -0.39 is 5.41 Å². The molecule has 1 aromatic heterocycles. The zero-order valence-electron chi connectivity index (χ0n) is 17.4. The summed E-state index contributed by atoms with van der Waals surface area (Å²) in [6.07, 6.45) is 0. The molecule has 156 valence electrons. The van der Waals surface area contributed by atoms with Gasteiger partial charge in [-0.3, -0.25) is 14.7 Å². The Balaban J connectivity index is 1.61. The lowest BCUT2D eigenvalue weighted by molar-refractivity contribution is -0.123. The summed E-state index contributed by atoms with van der Waals surface area (Å²) in [6.45, 7) is 5.68. The number of amides is 2. The van der Waals surface area contributed by atoms with Crippen LogP contribution in [0.2, 0.25) is 0 Å². The fourth-order valence-electron chi connectivity index (χ4n) is 2.57. The highest BCUT2D eigenvalue weighted by atomic mass is 16.5. The summed E-state index contributed by atoms with van der Waals surface area (Å²) in [5, 5.41) is 12.6. The summed E-state index contributed by atoms with van der Waals surface area (Å²) < 4.78 is 5.14. The van der Waals surface area contributed by atoms with Gasteiger partial charge in [-0.05, 0) is 42.5 Å². The van der Waals surface area contributed by atoms with Crippen LogP contribution in [-0.4, -0.2) is 34.1 Å². The molecule has 3 aromatic rings. The molecule has 3 rings (SSSR count). The van der Waals surface area contributed by atoms with Crippen molar-refractivity contribution >= 4 is 17.5 Å². The zero-order valence-corrected chi connectivity index (χ0v) is 17.4. The molecule has 0 atom stereocenters. The topological polar surface area (TPSA) is 109 Å². The van der Waals surface area contributed by atoms with E-state index in [1.54, 1.807) is 31.4 Å². The van der Waals surface area contributed by atoms with E-state index in [4.69, 9.17) is 4.74 Å². The van der Waals surface area contributed by atoms with Crippen LogP contribution in [0, 0.1) is 5.41 Å². The second-order valence-corrected chi connectivity index (χ2v) is 7.80. The second kappa shape index (κ2) is 8.77. The van der Waals surface area contributed by atoms with Gasteiger partial charge in [-0.25, -0.2) is 4.98 Å². The van der Waals surface area contributed by atoms with Crippen LogP contribution in [0.25, 0.3) is 11.4 Å². The minimum atomic E-state index is -0.522. The molecule has 0 radical (unpaired) electrons. The molecule has 0 unspecified atom stereocenters. The highest BCUT2D eigenvalue weighted by Crippen LogP contribution is 2.20. The molecule has 0 saturated heterocycles. The SMILES string of the molecule is COc1ccc(-c2n[nH]c(CNC(=O)c3cccc(NC(=O)C(C)(C)C)c3)n2)cc1. The fourth-order valence-corrected chi connectivity index (χ4v) is 2.57. The monoisotopic (exact) mass is 407 g/mol. The van der Waals surface area contributed by atoms with Crippen molar-refractivity contribution < 1.29 is 14.3 Å². The average Bonchev–Trinajstić information content (AvgIpc) is 3.20. The molecular formula is C22H25N5O3. The fraction of sp³-hybridized carbons (Fsp3) is 0.273. The van der Waals surface area contributed by atoms with E-state index in [-0.39, 0.29) is 18.4 Å². The van der Waals surface area contributed by atoms with Gasteiger partial charge in [-0.1, -0.05) is 26.8 Å². The number of H-pyrrole nitrogens is 1. The molecule has 0 saturated carbocycles. The van der Waals surface area contributed by atoms with Gasteiger partial charge >= 0.3 is 0 Å². The summed E-state index contributed by atoms with van der Waals surface area (Å²) in [6, 6.07) is 14.2. The Labute approximate surface area is 175 Å². The van der Waals surface area contributed by atoms with Crippen molar-refractivity contribution in [3.63, 3.8) is 0 Å².